The van der Waals surface area contributed by atoms with Gasteiger partial charge in [-0.05, 0) is 30.9 Å². The lowest BCUT2D eigenvalue weighted by Gasteiger charge is -2.30. The normalized spacial score (nSPS) is 14.9. The van der Waals surface area contributed by atoms with Crippen LogP contribution in [-0.2, 0) is 4.79 Å². The lowest BCUT2D eigenvalue weighted by atomic mass is 10.1. The summed E-state index contributed by atoms with van der Waals surface area (Å²) in [5, 5.41) is 9.34. The minimum absolute atomic E-state index is 0.121. The largest absolute Gasteiger partial charge is 0.447 e. The molecule has 0 fully saturated rings. The number of unbranched alkanes of at least 4 members (excludes halogenated alkanes) is 1. The number of aromatic nitrogens is 3. The predicted octanol–water partition coefficient (Wildman–Crippen LogP) is 5.60. The first-order valence-electron chi connectivity index (χ1n) is 10.2. The number of hydrogen-bond acceptors (Lipinski definition) is 7. The highest BCUT2D eigenvalue weighted by Gasteiger charge is 2.34. The van der Waals surface area contributed by atoms with Crippen LogP contribution in [-0.4, -0.2) is 33.1 Å². The molecule has 1 aromatic heterocycles. The number of thioether (sulfide) groups is 2. The van der Waals surface area contributed by atoms with E-state index in [0.717, 1.165) is 40.3 Å². The van der Waals surface area contributed by atoms with E-state index in [1.54, 1.807) is 35.3 Å². The van der Waals surface area contributed by atoms with Gasteiger partial charge in [-0.15, -0.1) is 22.0 Å². The second-order valence-corrected chi connectivity index (χ2v) is 9.04. The van der Waals surface area contributed by atoms with E-state index >= 15 is 0 Å². The maximum atomic E-state index is 12.8. The van der Waals surface area contributed by atoms with E-state index in [9.17, 15) is 4.79 Å². The third-order valence-electron chi connectivity index (χ3n) is 4.98. The van der Waals surface area contributed by atoms with E-state index in [1.807, 2.05) is 54.8 Å². The van der Waals surface area contributed by atoms with Gasteiger partial charge in [-0.25, -0.2) is 0 Å². The molecule has 0 N–H and O–H groups in total. The van der Waals surface area contributed by atoms with Crippen molar-refractivity contribution in [3.63, 3.8) is 0 Å². The van der Waals surface area contributed by atoms with Crippen LogP contribution in [0.5, 0.6) is 5.88 Å². The number of hydrogen-bond donors (Lipinski definition) is 0. The molecule has 0 radical (unpaired) electrons. The van der Waals surface area contributed by atoms with Crippen LogP contribution in [0.2, 0.25) is 0 Å². The molecular weight excluding hydrogens is 428 g/mol. The summed E-state index contributed by atoms with van der Waals surface area (Å²) in [5.41, 5.74) is 2.93. The average molecular weight is 453 g/mol. The molecule has 0 saturated heterocycles. The molecule has 1 atom stereocenters. The van der Waals surface area contributed by atoms with Gasteiger partial charge >= 0.3 is 0 Å². The molecule has 0 spiro atoms. The van der Waals surface area contributed by atoms with E-state index in [2.05, 4.69) is 22.1 Å². The topological polar surface area (TPSA) is 68.2 Å². The van der Waals surface area contributed by atoms with Gasteiger partial charge in [-0.1, -0.05) is 55.4 Å². The Hall–Kier alpha value is -2.58. The number of benzene rings is 2. The molecule has 2 heterocycles. The molecule has 0 saturated carbocycles. The van der Waals surface area contributed by atoms with Crippen LogP contribution in [0.15, 0.2) is 58.6 Å². The minimum Gasteiger partial charge on any atom is -0.447 e. The van der Waals surface area contributed by atoms with Crippen molar-refractivity contribution in [2.75, 3.05) is 16.9 Å². The first-order chi connectivity index (χ1) is 15.1. The van der Waals surface area contributed by atoms with Gasteiger partial charge in [-0.2, -0.15) is 4.98 Å². The molecule has 2 aromatic carbocycles. The summed E-state index contributed by atoms with van der Waals surface area (Å²) in [6, 6.07) is 15.7. The number of nitrogens with zero attached hydrogens (tertiary/aromatic N) is 4. The van der Waals surface area contributed by atoms with Gasteiger partial charge in [0.1, 0.15) is 0 Å². The van der Waals surface area contributed by atoms with E-state index in [1.165, 1.54) is 0 Å². The Morgan fingerprint density at radius 2 is 1.90 bits per heavy atom. The van der Waals surface area contributed by atoms with Gasteiger partial charge in [0.05, 0.1) is 5.69 Å². The Morgan fingerprint density at radius 3 is 2.61 bits per heavy atom. The van der Waals surface area contributed by atoms with E-state index in [4.69, 9.17) is 4.74 Å². The van der Waals surface area contributed by atoms with Gasteiger partial charge in [0.2, 0.25) is 23.2 Å². The number of amides is 1. The van der Waals surface area contributed by atoms with Gasteiger partial charge < -0.3 is 4.74 Å². The van der Waals surface area contributed by atoms with Crippen LogP contribution in [0.4, 0.5) is 5.69 Å². The Labute approximate surface area is 190 Å². The van der Waals surface area contributed by atoms with Gasteiger partial charge in [0.25, 0.3) is 0 Å². The number of carbonyl (C=O) groups excluding carboxylic acids is 1. The fourth-order valence-electron chi connectivity index (χ4n) is 3.41. The summed E-state index contributed by atoms with van der Waals surface area (Å²) in [4.78, 5) is 20.3. The highest BCUT2D eigenvalue weighted by atomic mass is 32.2. The summed E-state index contributed by atoms with van der Waals surface area (Å²) in [6.07, 6.45) is 3.57. The zero-order valence-corrected chi connectivity index (χ0v) is 19.4. The third-order valence-corrected chi connectivity index (χ3v) is 6.65. The number of ether oxygens (including phenoxy) is 1. The fraction of sp³-hybridized carbons (Fsp3) is 0.304. The second kappa shape index (κ2) is 9.70. The fourth-order valence-corrected chi connectivity index (χ4v) is 4.68. The summed E-state index contributed by atoms with van der Waals surface area (Å²) in [7, 11) is 0. The molecule has 8 heteroatoms. The lowest BCUT2D eigenvalue weighted by molar-refractivity contribution is -0.118. The molecule has 31 heavy (non-hydrogen) atoms. The number of carbonyl (C=O) groups is 1. The molecule has 1 aliphatic heterocycles. The Balaban J connectivity index is 1.83. The van der Waals surface area contributed by atoms with Crippen molar-refractivity contribution in [3.05, 3.63) is 54.1 Å². The van der Waals surface area contributed by atoms with Gasteiger partial charge in [-0.3, -0.25) is 9.69 Å². The quantitative estimate of drug-likeness (QED) is 0.356. The van der Waals surface area contributed by atoms with Crippen molar-refractivity contribution in [3.8, 4) is 17.1 Å². The molecule has 3 aromatic rings. The van der Waals surface area contributed by atoms with Crippen molar-refractivity contribution < 1.29 is 9.53 Å². The smallest absolute Gasteiger partial charge is 0.247 e. The summed E-state index contributed by atoms with van der Waals surface area (Å²) < 4.78 is 6.39. The number of rotatable bonds is 6. The standard InChI is InChI=1S/C23H24N4O2S2/c1-4-5-14-31-23-24-21-20(25-26-23)18-8-6-7-9-19(18)27(15(2)28)22(29-21)16-10-12-17(30-3)13-11-16/h6-13,22H,4-5,14H2,1-3H3/t22-/m1/s1. The average Bonchev–Trinajstić information content (AvgIpc) is 2.93. The van der Waals surface area contributed by atoms with Crippen LogP contribution in [0.1, 0.15) is 38.5 Å². The number of fused-ring (bicyclic) bond motifs is 3. The monoisotopic (exact) mass is 452 g/mol. The molecule has 160 valence electrons. The van der Waals surface area contributed by atoms with Crippen LogP contribution >= 0.6 is 23.5 Å². The maximum Gasteiger partial charge on any atom is 0.247 e. The molecule has 0 unspecified atom stereocenters. The molecular formula is C23H24N4O2S2. The van der Waals surface area contributed by atoms with Crippen LogP contribution in [0, 0.1) is 0 Å². The van der Waals surface area contributed by atoms with Crippen molar-refractivity contribution in [1.29, 1.82) is 0 Å². The molecule has 6 nitrogen and oxygen atoms in total. The Morgan fingerprint density at radius 1 is 1.13 bits per heavy atom. The summed E-state index contributed by atoms with van der Waals surface area (Å²) >= 11 is 3.24. The van der Waals surface area contributed by atoms with Crippen molar-refractivity contribution in [1.82, 2.24) is 15.2 Å². The highest BCUT2D eigenvalue weighted by Crippen LogP contribution is 2.43. The number of anilines is 1. The van der Waals surface area contributed by atoms with Crippen molar-refractivity contribution in [2.45, 2.75) is 43.0 Å². The van der Waals surface area contributed by atoms with Crippen molar-refractivity contribution in [2.24, 2.45) is 0 Å². The second-order valence-electron chi connectivity index (χ2n) is 7.10. The maximum absolute atomic E-state index is 12.8. The first kappa shape index (κ1) is 21.6. The Bertz CT molecular complexity index is 1080. The lowest BCUT2D eigenvalue weighted by Crippen LogP contribution is -2.36. The van der Waals surface area contributed by atoms with Gasteiger partial charge in [0.15, 0.2) is 5.69 Å². The van der Waals surface area contributed by atoms with Gasteiger partial charge in [0, 0.05) is 28.7 Å². The molecule has 1 amide bonds. The first-order valence-corrected chi connectivity index (χ1v) is 12.4. The molecule has 0 aliphatic carbocycles. The van der Waals surface area contributed by atoms with Crippen LogP contribution < -0.4 is 9.64 Å². The molecule has 1 aliphatic rings. The number of para-hydroxylation sites is 1. The summed E-state index contributed by atoms with van der Waals surface area (Å²) in [6.45, 7) is 3.70. The van der Waals surface area contributed by atoms with E-state index < -0.39 is 6.23 Å². The SMILES string of the molecule is CCCCSc1nnc2c(n1)O[C@H](c1ccc(SC)cc1)N(C(C)=O)c1ccccc1-2. The molecule has 4 rings (SSSR count). The zero-order chi connectivity index (χ0) is 21.8. The molecule has 0 bridgehead atoms. The van der Waals surface area contributed by atoms with Crippen molar-refractivity contribution >= 4 is 35.1 Å². The van der Waals surface area contributed by atoms with E-state index in [0.29, 0.717) is 16.7 Å². The van der Waals surface area contributed by atoms with Crippen LogP contribution in [0.3, 0.4) is 0 Å². The van der Waals surface area contributed by atoms with E-state index in [-0.39, 0.29) is 5.91 Å². The minimum atomic E-state index is -0.652. The zero-order valence-electron chi connectivity index (χ0n) is 17.7. The van der Waals surface area contributed by atoms with Crippen LogP contribution in [0.25, 0.3) is 11.3 Å². The highest BCUT2D eigenvalue weighted by molar-refractivity contribution is 7.99. The summed E-state index contributed by atoms with van der Waals surface area (Å²) in [5.74, 6) is 1.20. The Kier molecular flexibility index (Phi) is 6.77. The third kappa shape index (κ3) is 4.55. The predicted molar refractivity (Wildman–Crippen MR) is 126 cm³/mol.